The van der Waals surface area contributed by atoms with Gasteiger partial charge in [0.15, 0.2) is 0 Å². The Labute approximate surface area is 206 Å². The molecular formula is C31H27BO3. The minimum Gasteiger partial charge on any atom is -0.457 e. The number of rotatable bonds is 1. The summed E-state index contributed by atoms with van der Waals surface area (Å²) < 4.78 is 19.3. The first-order valence-corrected chi connectivity index (χ1v) is 12.3. The minimum absolute atomic E-state index is 0.394. The molecule has 172 valence electrons. The van der Waals surface area contributed by atoms with Gasteiger partial charge in [-0.25, -0.2) is 0 Å². The Balaban J connectivity index is 1.54. The molecule has 0 radical (unpaired) electrons. The van der Waals surface area contributed by atoms with Gasteiger partial charge in [0.05, 0.1) is 16.6 Å². The van der Waals surface area contributed by atoms with Gasteiger partial charge in [0.2, 0.25) is 0 Å². The topological polar surface area (TPSA) is 27.7 Å². The summed E-state index contributed by atoms with van der Waals surface area (Å²) in [7, 11) is -0.420. The highest BCUT2D eigenvalue weighted by Gasteiger charge is 2.54. The monoisotopic (exact) mass is 458 g/mol. The minimum atomic E-state index is -0.475. The Bertz CT molecular complexity index is 1440. The van der Waals surface area contributed by atoms with Crippen molar-refractivity contribution < 1.29 is 14.0 Å². The van der Waals surface area contributed by atoms with Gasteiger partial charge in [-0.05, 0) is 67.5 Å². The second-order valence-corrected chi connectivity index (χ2v) is 10.8. The third kappa shape index (κ3) is 2.64. The lowest BCUT2D eigenvalue weighted by atomic mass is 9.65. The van der Waals surface area contributed by atoms with Gasteiger partial charge in [0.1, 0.15) is 11.5 Å². The Kier molecular flexibility index (Phi) is 4.12. The fraction of sp³-hybridized carbons (Fsp3) is 0.226. The SMILES string of the molecule is CC1(C)OB(c2ccc3c(c2)C2(c4ccccc4Oc4ccccc42)c2ccccc2-3)OC1(C)C. The normalized spacial score (nSPS) is 19.5. The summed E-state index contributed by atoms with van der Waals surface area (Å²) in [5.74, 6) is 1.80. The molecule has 0 N–H and O–H groups in total. The molecule has 1 saturated heterocycles. The molecular weight excluding hydrogens is 431 g/mol. The molecule has 1 spiro atoms. The Hall–Kier alpha value is -3.34. The number of para-hydroxylation sites is 2. The smallest absolute Gasteiger partial charge is 0.457 e. The van der Waals surface area contributed by atoms with E-state index in [2.05, 4.69) is 107 Å². The van der Waals surface area contributed by atoms with Gasteiger partial charge >= 0.3 is 7.12 Å². The summed E-state index contributed by atoms with van der Waals surface area (Å²) in [4.78, 5) is 0. The second-order valence-electron chi connectivity index (χ2n) is 10.8. The quantitative estimate of drug-likeness (QED) is 0.265. The molecule has 1 fully saturated rings. The molecule has 0 amide bonds. The fourth-order valence-electron chi connectivity index (χ4n) is 6.00. The highest BCUT2D eigenvalue weighted by atomic mass is 16.7. The van der Waals surface area contributed by atoms with E-state index >= 15 is 0 Å². The second kappa shape index (κ2) is 6.87. The predicted octanol–water partition coefficient (Wildman–Crippen LogP) is 6.45. The van der Waals surface area contributed by atoms with Crippen LogP contribution in [0.15, 0.2) is 91.0 Å². The summed E-state index contributed by atoms with van der Waals surface area (Å²) in [6.07, 6.45) is 0. The van der Waals surface area contributed by atoms with Gasteiger partial charge in [0, 0.05) is 11.1 Å². The maximum atomic E-state index is 6.45. The van der Waals surface area contributed by atoms with Crippen LogP contribution >= 0.6 is 0 Å². The molecule has 0 bridgehead atoms. The zero-order valence-electron chi connectivity index (χ0n) is 20.5. The molecule has 4 heteroatoms. The molecule has 0 unspecified atom stereocenters. The Morgan fingerprint density at radius 3 is 1.69 bits per heavy atom. The molecule has 0 atom stereocenters. The summed E-state index contributed by atoms with van der Waals surface area (Å²) in [6, 6.07) is 32.3. The van der Waals surface area contributed by atoms with Crippen molar-refractivity contribution >= 4 is 12.6 Å². The van der Waals surface area contributed by atoms with Crippen LogP contribution in [-0.2, 0) is 14.7 Å². The van der Waals surface area contributed by atoms with E-state index < -0.39 is 23.7 Å². The summed E-state index contributed by atoms with van der Waals surface area (Å²) in [5.41, 5.74) is 7.13. The van der Waals surface area contributed by atoms with E-state index in [0.29, 0.717) is 0 Å². The van der Waals surface area contributed by atoms with Crippen LogP contribution in [0.4, 0.5) is 0 Å². The standard InChI is InChI=1S/C31H27BO3/c1-29(2)30(3,4)35-32(34-29)20-17-18-22-21-11-5-6-12-23(21)31(26(22)19-20)24-13-7-9-15-27(24)33-28-16-10-8-14-25(28)31/h5-19H,1-4H3. The van der Waals surface area contributed by atoms with Crippen LogP contribution in [0.3, 0.4) is 0 Å². The van der Waals surface area contributed by atoms with Crippen LogP contribution in [-0.4, -0.2) is 18.3 Å². The van der Waals surface area contributed by atoms with Crippen molar-refractivity contribution in [2.75, 3.05) is 0 Å². The van der Waals surface area contributed by atoms with Crippen molar-refractivity contribution in [2.24, 2.45) is 0 Å². The molecule has 2 heterocycles. The molecule has 4 aromatic rings. The number of benzene rings is 4. The van der Waals surface area contributed by atoms with E-state index in [1.807, 2.05) is 12.1 Å². The summed E-state index contributed by atoms with van der Waals surface area (Å²) >= 11 is 0. The number of ether oxygens (including phenoxy) is 1. The van der Waals surface area contributed by atoms with Gasteiger partial charge in [0.25, 0.3) is 0 Å². The van der Waals surface area contributed by atoms with Crippen LogP contribution in [0.25, 0.3) is 11.1 Å². The van der Waals surface area contributed by atoms with Crippen LogP contribution in [0, 0.1) is 0 Å². The van der Waals surface area contributed by atoms with E-state index in [-0.39, 0.29) is 0 Å². The van der Waals surface area contributed by atoms with Crippen LogP contribution < -0.4 is 10.2 Å². The fourth-order valence-corrected chi connectivity index (χ4v) is 6.00. The third-order valence-electron chi connectivity index (χ3n) is 8.40. The van der Waals surface area contributed by atoms with Crippen LogP contribution in [0.2, 0.25) is 0 Å². The highest BCUT2D eigenvalue weighted by Crippen LogP contribution is 2.61. The van der Waals surface area contributed by atoms with Crippen molar-refractivity contribution in [2.45, 2.75) is 44.3 Å². The van der Waals surface area contributed by atoms with Gasteiger partial charge < -0.3 is 14.0 Å². The zero-order valence-corrected chi connectivity index (χ0v) is 20.5. The highest BCUT2D eigenvalue weighted by molar-refractivity contribution is 6.62. The van der Waals surface area contributed by atoms with E-state index in [1.165, 1.54) is 22.3 Å². The molecule has 2 aliphatic heterocycles. The molecule has 7 rings (SSSR count). The van der Waals surface area contributed by atoms with Crippen LogP contribution in [0.1, 0.15) is 49.9 Å². The number of hydrogen-bond acceptors (Lipinski definition) is 3. The van der Waals surface area contributed by atoms with E-state index in [4.69, 9.17) is 14.0 Å². The van der Waals surface area contributed by atoms with Crippen molar-refractivity contribution in [3.05, 3.63) is 113 Å². The first-order valence-electron chi connectivity index (χ1n) is 12.3. The zero-order chi connectivity index (χ0) is 24.0. The summed E-state index contributed by atoms with van der Waals surface area (Å²) in [5, 5.41) is 0. The van der Waals surface area contributed by atoms with Crippen molar-refractivity contribution in [3.8, 4) is 22.6 Å². The largest absolute Gasteiger partial charge is 0.494 e. The van der Waals surface area contributed by atoms with Gasteiger partial charge in [-0.15, -0.1) is 0 Å². The lowest BCUT2D eigenvalue weighted by Crippen LogP contribution is -2.41. The lowest BCUT2D eigenvalue weighted by Gasteiger charge is -2.39. The first-order chi connectivity index (χ1) is 16.8. The molecule has 4 aromatic carbocycles. The van der Waals surface area contributed by atoms with E-state index in [0.717, 1.165) is 28.1 Å². The maximum Gasteiger partial charge on any atom is 0.494 e. The van der Waals surface area contributed by atoms with Gasteiger partial charge in [-0.1, -0.05) is 78.9 Å². The third-order valence-corrected chi connectivity index (χ3v) is 8.40. The maximum absolute atomic E-state index is 6.45. The van der Waals surface area contributed by atoms with Gasteiger partial charge in [-0.2, -0.15) is 0 Å². The number of hydrogen-bond donors (Lipinski definition) is 0. The number of fused-ring (bicyclic) bond motifs is 9. The first kappa shape index (κ1) is 21.0. The molecule has 35 heavy (non-hydrogen) atoms. The van der Waals surface area contributed by atoms with Crippen molar-refractivity contribution in [1.29, 1.82) is 0 Å². The van der Waals surface area contributed by atoms with Crippen LogP contribution in [0.5, 0.6) is 11.5 Å². The van der Waals surface area contributed by atoms with Gasteiger partial charge in [-0.3, -0.25) is 0 Å². The molecule has 3 aliphatic rings. The predicted molar refractivity (Wildman–Crippen MR) is 140 cm³/mol. The van der Waals surface area contributed by atoms with E-state index in [1.54, 1.807) is 0 Å². The average Bonchev–Trinajstić information content (AvgIpc) is 3.26. The molecule has 3 nitrogen and oxygen atoms in total. The molecule has 1 aliphatic carbocycles. The van der Waals surface area contributed by atoms with Crippen molar-refractivity contribution in [1.82, 2.24) is 0 Å². The summed E-state index contributed by atoms with van der Waals surface area (Å²) in [6.45, 7) is 8.40. The Morgan fingerprint density at radius 2 is 1.06 bits per heavy atom. The van der Waals surface area contributed by atoms with Crippen molar-refractivity contribution in [3.63, 3.8) is 0 Å². The average molecular weight is 458 g/mol. The van der Waals surface area contributed by atoms with E-state index in [9.17, 15) is 0 Å². The Morgan fingerprint density at radius 1 is 0.543 bits per heavy atom. The molecule has 0 aromatic heterocycles. The lowest BCUT2D eigenvalue weighted by molar-refractivity contribution is 0.00578. The molecule has 0 saturated carbocycles.